The molecule has 0 radical (unpaired) electrons. The maximum atomic E-state index is 12.3. The molecule has 292 valence electrons. The summed E-state index contributed by atoms with van der Waals surface area (Å²) in [4.78, 5) is 64.3. The number of aliphatic hydroxyl groups excluding tert-OH is 4. The third kappa shape index (κ3) is 8.49. The second-order valence-electron chi connectivity index (χ2n) is 11.5. The van der Waals surface area contributed by atoms with Gasteiger partial charge in [0.25, 0.3) is 11.1 Å². The van der Waals surface area contributed by atoms with E-state index < -0.39 is 102 Å². The molecular weight excluding hydrogens is 762 g/mol. The summed E-state index contributed by atoms with van der Waals surface area (Å²) in [5.74, 6) is -0.460. The van der Waals surface area contributed by atoms with Crippen LogP contribution in [0.3, 0.4) is 0 Å². The topological polar surface area (TPSA) is 399 Å². The average Bonchev–Trinajstić information content (AvgIpc) is 3.84. The number of aliphatic hydroxyl groups is 4. The number of aromatic nitrogens is 8. The molecule has 2 saturated heterocycles. The van der Waals surface area contributed by atoms with Crippen LogP contribution >= 0.6 is 15.6 Å². The molecule has 5 unspecified atom stereocenters. The Bertz CT molecular complexity index is 2000. The number of nitrogens with one attached hydrogen (secondary N) is 2. The van der Waals surface area contributed by atoms with Crippen LogP contribution in [0.5, 0.6) is 0 Å². The van der Waals surface area contributed by atoms with Gasteiger partial charge in [-0.1, -0.05) is 0 Å². The van der Waals surface area contributed by atoms with Crippen molar-refractivity contribution in [3.63, 3.8) is 0 Å². The maximum Gasteiger partial charge on any atom is 0.472 e. The summed E-state index contributed by atoms with van der Waals surface area (Å²) < 4.78 is 62.6. The quantitative estimate of drug-likeness (QED) is 0.0381. The smallest absolute Gasteiger partial charge is 0.387 e. The lowest BCUT2D eigenvalue weighted by atomic mass is 10.1. The van der Waals surface area contributed by atoms with Crippen LogP contribution in [0.15, 0.2) is 22.2 Å². The van der Waals surface area contributed by atoms with Crippen molar-refractivity contribution in [2.24, 2.45) is 0 Å². The number of nitrogens with two attached hydrogens (primary N) is 2. The van der Waals surface area contributed by atoms with E-state index in [0.29, 0.717) is 0 Å². The Morgan fingerprint density at radius 1 is 0.679 bits per heavy atom. The summed E-state index contributed by atoms with van der Waals surface area (Å²) in [6.45, 7) is -3.02. The van der Waals surface area contributed by atoms with Crippen molar-refractivity contribution in [1.29, 1.82) is 0 Å². The summed E-state index contributed by atoms with van der Waals surface area (Å²) in [6.07, 6.45) is -9.35. The Morgan fingerprint density at radius 2 is 1.08 bits per heavy atom. The molecule has 4 aromatic rings. The van der Waals surface area contributed by atoms with Gasteiger partial charge in [0, 0.05) is 0 Å². The second-order valence-corrected chi connectivity index (χ2v) is 14.4. The summed E-state index contributed by atoms with van der Waals surface area (Å²) in [5.41, 5.74) is 9.56. The van der Waals surface area contributed by atoms with Crippen LogP contribution in [0.4, 0.5) is 11.9 Å². The van der Waals surface area contributed by atoms with E-state index in [9.17, 15) is 48.9 Å². The fourth-order valence-corrected chi connectivity index (χ4v) is 6.82. The van der Waals surface area contributed by atoms with Crippen LogP contribution in [0, 0.1) is 0 Å². The number of phosphoric acid groups is 2. The zero-order valence-electron chi connectivity index (χ0n) is 26.9. The first-order valence-corrected chi connectivity index (χ1v) is 18.3. The number of nitrogen functional groups attached to an aromatic ring is 2. The molecule has 2 fully saturated rings. The minimum absolute atomic E-state index is 0.0420. The van der Waals surface area contributed by atoms with E-state index in [-0.39, 0.29) is 47.4 Å². The number of aromatic amines is 2. The molecule has 53 heavy (non-hydrogen) atoms. The highest BCUT2D eigenvalue weighted by Crippen LogP contribution is 2.45. The number of ether oxygens (including phenoxy) is 3. The standard InChI is InChI=1S/C24H34N10O17P2/c25-23-29-17-11(19(39)31-23)27-7-33(17)21-15(37)13(35)9(50-21)5-48-52(41,42)46-3-1-45-2-4-47-53(43,44)49-6-10-14(36)16(38)22(51-10)34-8-28-12-18(34)30-24(26)32-20(12)40/h7-10,13-16,21-22,35-38H,1-6H2,(H,41,42)(H,43,44)(H3,25,29,31,39)(H3,26,30,32,40)/t9-,10+,13?,14?,15+,16?,21-,22+/m0/s1. The van der Waals surface area contributed by atoms with Crippen molar-refractivity contribution in [3.05, 3.63) is 33.4 Å². The number of anilines is 2. The van der Waals surface area contributed by atoms with E-state index in [4.69, 9.17) is 43.8 Å². The van der Waals surface area contributed by atoms with Crippen molar-refractivity contribution >= 4 is 49.9 Å². The molecule has 0 spiro atoms. The number of fused-ring (bicyclic) bond motifs is 2. The molecule has 12 N–H and O–H groups in total. The molecule has 0 saturated carbocycles. The molecule has 0 aromatic carbocycles. The van der Waals surface area contributed by atoms with Gasteiger partial charge in [-0.05, 0) is 0 Å². The monoisotopic (exact) mass is 796 g/mol. The first kappa shape index (κ1) is 38.9. The zero-order chi connectivity index (χ0) is 38.2. The zero-order valence-corrected chi connectivity index (χ0v) is 28.7. The van der Waals surface area contributed by atoms with Gasteiger partial charge in [0.15, 0.2) is 34.8 Å². The lowest BCUT2D eigenvalue weighted by molar-refractivity contribution is -0.0526. The molecule has 2 aliphatic heterocycles. The SMILES string of the molecule is Nc1nc2c(ncn2[C@@H]2O[C@H](COP(=O)(O)OCCOCCOP(=O)(O)OC[C@@H]3O[C@H](n4cnc5c(=O)[nH]c(N)nc54)[C@H](O)C3O)C(O)C2O)c(=O)[nH]1. The van der Waals surface area contributed by atoms with Gasteiger partial charge in [0.05, 0.1) is 52.3 Å². The Hall–Kier alpha value is -3.76. The van der Waals surface area contributed by atoms with E-state index in [1.165, 1.54) is 0 Å². The van der Waals surface area contributed by atoms with Crippen LogP contribution in [0.2, 0.25) is 0 Å². The van der Waals surface area contributed by atoms with Crippen molar-refractivity contribution in [2.45, 2.75) is 49.1 Å². The van der Waals surface area contributed by atoms with Crippen molar-refractivity contribution in [1.82, 2.24) is 39.0 Å². The molecule has 4 aromatic heterocycles. The number of hydrogen-bond acceptors (Lipinski definition) is 21. The van der Waals surface area contributed by atoms with Crippen molar-refractivity contribution in [2.75, 3.05) is 51.1 Å². The summed E-state index contributed by atoms with van der Waals surface area (Å²) in [5, 5.41) is 41.9. The molecule has 29 heteroatoms. The van der Waals surface area contributed by atoms with Crippen LogP contribution in [-0.2, 0) is 41.4 Å². The summed E-state index contributed by atoms with van der Waals surface area (Å²) in [7, 11) is -9.47. The van der Waals surface area contributed by atoms with Crippen LogP contribution < -0.4 is 22.6 Å². The first-order valence-electron chi connectivity index (χ1n) is 15.3. The van der Waals surface area contributed by atoms with E-state index >= 15 is 0 Å². The predicted molar refractivity (Wildman–Crippen MR) is 171 cm³/mol. The molecular formula is C24H34N10O17P2. The molecule has 27 nitrogen and oxygen atoms in total. The van der Waals surface area contributed by atoms with Crippen LogP contribution in [0.25, 0.3) is 22.3 Å². The maximum absolute atomic E-state index is 12.3. The van der Waals surface area contributed by atoms with Gasteiger partial charge < -0.3 is 55.9 Å². The normalized spacial score (nSPS) is 28.5. The number of rotatable bonds is 16. The number of phosphoric ester groups is 2. The molecule has 0 amide bonds. The van der Waals surface area contributed by atoms with Gasteiger partial charge in [-0.2, -0.15) is 9.97 Å². The third-order valence-corrected chi connectivity index (χ3v) is 9.86. The Labute approximate surface area is 294 Å². The lowest BCUT2D eigenvalue weighted by Gasteiger charge is -2.18. The van der Waals surface area contributed by atoms with E-state index in [1.807, 2.05) is 0 Å². The van der Waals surface area contributed by atoms with Gasteiger partial charge >= 0.3 is 15.6 Å². The van der Waals surface area contributed by atoms with Gasteiger partial charge in [0.1, 0.15) is 36.6 Å². The number of hydrogen-bond donors (Lipinski definition) is 10. The van der Waals surface area contributed by atoms with E-state index in [2.05, 4.69) is 29.9 Å². The predicted octanol–water partition coefficient (Wildman–Crippen LogP) is -4.06. The number of H-pyrrole nitrogens is 2. The van der Waals surface area contributed by atoms with Crippen molar-refractivity contribution < 1.29 is 71.6 Å². The highest BCUT2D eigenvalue weighted by Gasteiger charge is 2.47. The first-order chi connectivity index (χ1) is 25.0. The lowest BCUT2D eigenvalue weighted by Crippen LogP contribution is -2.33. The fraction of sp³-hybridized carbons (Fsp3) is 0.583. The number of nitrogens with zero attached hydrogens (tertiary/aromatic N) is 6. The van der Waals surface area contributed by atoms with E-state index in [0.717, 1.165) is 21.8 Å². The van der Waals surface area contributed by atoms with Crippen LogP contribution in [-0.4, -0.2) is 146 Å². The van der Waals surface area contributed by atoms with Gasteiger partial charge in [0.2, 0.25) is 11.9 Å². The largest absolute Gasteiger partial charge is 0.472 e. The highest BCUT2D eigenvalue weighted by atomic mass is 31.2. The Morgan fingerprint density at radius 3 is 1.47 bits per heavy atom. The Kier molecular flexibility index (Phi) is 11.4. The van der Waals surface area contributed by atoms with Gasteiger partial charge in [-0.15, -0.1) is 0 Å². The van der Waals surface area contributed by atoms with Crippen LogP contribution in [0.1, 0.15) is 12.5 Å². The fourth-order valence-electron chi connectivity index (χ4n) is 5.39. The molecule has 6 heterocycles. The summed E-state index contributed by atoms with van der Waals surface area (Å²) in [6, 6.07) is 0. The number of imidazole rings is 2. The molecule has 6 rings (SSSR count). The second kappa shape index (κ2) is 15.5. The van der Waals surface area contributed by atoms with Gasteiger partial charge in [-0.25, -0.2) is 19.1 Å². The minimum atomic E-state index is -4.73. The minimum Gasteiger partial charge on any atom is -0.387 e. The van der Waals surface area contributed by atoms with E-state index in [1.54, 1.807) is 0 Å². The van der Waals surface area contributed by atoms with Gasteiger partial charge in [-0.3, -0.25) is 46.8 Å². The average molecular weight is 797 g/mol. The molecule has 2 aliphatic rings. The molecule has 10 atom stereocenters. The Balaban J connectivity index is 0.884. The van der Waals surface area contributed by atoms with Crippen molar-refractivity contribution in [3.8, 4) is 0 Å². The third-order valence-electron chi connectivity index (χ3n) is 7.89. The molecule has 0 bridgehead atoms. The highest BCUT2D eigenvalue weighted by molar-refractivity contribution is 7.47. The summed E-state index contributed by atoms with van der Waals surface area (Å²) >= 11 is 0. The molecule has 0 aliphatic carbocycles.